The van der Waals surface area contributed by atoms with Gasteiger partial charge in [0.15, 0.2) is 6.29 Å². The Labute approximate surface area is 158 Å². The van der Waals surface area contributed by atoms with Crippen LogP contribution in [0.4, 0.5) is 0 Å². The van der Waals surface area contributed by atoms with Gasteiger partial charge in [0.1, 0.15) is 36.2 Å². The number of aliphatic hydroxyl groups is 3. The minimum absolute atomic E-state index is 0.162. The van der Waals surface area contributed by atoms with Crippen molar-refractivity contribution in [3.05, 3.63) is 23.8 Å². The third kappa shape index (κ3) is 5.41. The van der Waals surface area contributed by atoms with E-state index in [1.807, 2.05) is 5.43 Å². The molecule has 1 saturated heterocycles. The second-order valence-electron chi connectivity index (χ2n) is 6.12. The summed E-state index contributed by atoms with van der Waals surface area (Å²) in [5.41, 5.74) is 2.11. The third-order valence-electron chi connectivity index (χ3n) is 4.09. The number of rotatable bonds is 7. The van der Waals surface area contributed by atoms with Crippen LogP contribution in [-0.4, -0.2) is 77.1 Å². The molecule has 2 heterocycles. The first-order chi connectivity index (χ1) is 13.0. The van der Waals surface area contributed by atoms with Crippen LogP contribution in [0, 0.1) is 5.92 Å². The molecule has 0 aliphatic carbocycles. The zero-order valence-electron chi connectivity index (χ0n) is 14.6. The van der Waals surface area contributed by atoms with Crippen LogP contribution < -0.4 is 11.3 Å². The molecule has 1 amide bonds. The number of carbonyl (C=O) groups excluding carboxylic acids is 1. The lowest BCUT2D eigenvalue weighted by Gasteiger charge is -2.40. The number of aromatic nitrogens is 3. The summed E-state index contributed by atoms with van der Waals surface area (Å²) in [7, 11) is -4.56. The van der Waals surface area contributed by atoms with E-state index >= 15 is 0 Å². The molecule has 0 aromatic carbocycles. The molecule has 1 aromatic heterocycles. The molecule has 1 aliphatic heterocycles. The summed E-state index contributed by atoms with van der Waals surface area (Å²) in [6, 6.07) is 0. The monoisotopic (exact) mass is 423 g/mol. The van der Waals surface area contributed by atoms with Crippen molar-refractivity contribution in [3.63, 3.8) is 0 Å². The van der Waals surface area contributed by atoms with E-state index in [9.17, 15) is 24.7 Å². The number of hydrazine groups is 1. The van der Waals surface area contributed by atoms with Crippen LogP contribution in [0.25, 0.3) is 0 Å². The number of hydrogen-bond acceptors (Lipinski definition) is 10. The van der Waals surface area contributed by atoms with E-state index in [1.54, 1.807) is 0 Å². The predicted molar refractivity (Wildman–Crippen MR) is 89.6 cm³/mol. The molecule has 15 heteroatoms. The van der Waals surface area contributed by atoms with Crippen LogP contribution in [0.5, 0.6) is 0 Å². The highest BCUT2D eigenvalue weighted by atomic mass is 31.2. The molecule has 158 valence electrons. The van der Waals surface area contributed by atoms with Gasteiger partial charge < -0.3 is 34.6 Å². The van der Waals surface area contributed by atoms with Gasteiger partial charge in [0.25, 0.3) is 0 Å². The Morgan fingerprint density at radius 1 is 1.39 bits per heavy atom. The first-order valence-electron chi connectivity index (χ1n) is 8.01. The maximum Gasteiger partial charge on any atom is 0.348 e. The fraction of sp³-hybridized carbons (Fsp3) is 0.615. The average molecular weight is 423 g/mol. The van der Waals surface area contributed by atoms with E-state index in [0.29, 0.717) is 5.82 Å². The Morgan fingerprint density at radius 2 is 2.07 bits per heavy atom. The summed E-state index contributed by atoms with van der Waals surface area (Å²) < 4.78 is 21.9. The number of nitrogens with zero attached hydrogens (tertiary/aromatic N) is 2. The molecule has 0 bridgehead atoms. The van der Waals surface area contributed by atoms with Crippen molar-refractivity contribution in [2.24, 2.45) is 11.8 Å². The molecule has 1 aromatic rings. The normalized spacial score (nSPS) is 30.9. The largest absolute Gasteiger partial charge is 0.387 e. The number of nitrogens with one attached hydrogen (secondary N) is 2. The summed E-state index contributed by atoms with van der Waals surface area (Å²) in [5.74, 6) is 4.06. The van der Waals surface area contributed by atoms with Gasteiger partial charge in [-0.2, -0.15) is 15.4 Å². The lowest BCUT2D eigenvalue weighted by Crippen LogP contribution is -2.58. The summed E-state index contributed by atoms with van der Waals surface area (Å²) >= 11 is 0. The average Bonchev–Trinajstić information content (AvgIpc) is 3.17. The number of aliphatic hydroxyl groups excluding tert-OH is 3. The number of ether oxygens (including phenoxy) is 2. The van der Waals surface area contributed by atoms with E-state index in [2.05, 4.69) is 15.4 Å². The van der Waals surface area contributed by atoms with Gasteiger partial charge >= 0.3 is 7.60 Å². The molecule has 28 heavy (non-hydrogen) atoms. The SMILES string of the molecule is CC(C(=O)NN)C(O[C@H]1O[C@H](/C=C/P(=O)(O)O)[C@@H](O)[C@H](O)[C@@H]1O)c1cn[nH]n1. The van der Waals surface area contributed by atoms with Crippen LogP contribution in [0.1, 0.15) is 18.7 Å². The second kappa shape index (κ2) is 9.17. The standard InChI is InChI=1S/C13H22N5O9P/c1-5(12(22)16-14)11(6-4-15-18-17-6)27-13-10(21)9(20)8(19)7(26-13)2-3-28(23,24)25/h2-5,7-11,13,19-21H,14H2,1H3,(H,16,22)(H,15,17,18)(H2,23,24,25)/b3-2+/t5?,7-,8-,9+,10+,11?,13-/m1/s1. The first-order valence-corrected chi connectivity index (χ1v) is 9.69. The van der Waals surface area contributed by atoms with Crippen molar-refractivity contribution in [3.8, 4) is 0 Å². The van der Waals surface area contributed by atoms with Crippen molar-refractivity contribution in [2.45, 2.75) is 43.7 Å². The minimum atomic E-state index is -4.56. The molecule has 9 N–H and O–H groups in total. The minimum Gasteiger partial charge on any atom is -0.387 e. The van der Waals surface area contributed by atoms with E-state index in [0.717, 1.165) is 6.08 Å². The summed E-state index contributed by atoms with van der Waals surface area (Å²) in [5, 5.41) is 39.9. The summed E-state index contributed by atoms with van der Waals surface area (Å²) in [4.78, 5) is 29.7. The van der Waals surface area contributed by atoms with Gasteiger partial charge in [-0.15, -0.1) is 0 Å². The molecule has 2 rings (SSSR count). The Bertz CT molecular complexity index is 726. The Balaban J connectivity index is 2.25. The highest BCUT2D eigenvalue weighted by Crippen LogP contribution is 2.37. The lowest BCUT2D eigenvalue weighted by atomic mass is 9.97. The van der Waals surface area contributed by atoms with E-state index in [-0.39, 0.29) is 5.69 Å². The molecule has 1 aliphatic rings. The zero-order chi connectivity index (χ0) is 21.1. The summed E-state index contributed by atoms with van der Waals surface area (Å²) in [6.07, 6.45) is -7.20. The molecule has 1 fully saturated rings. The zero-order valence-corrected chi connectivity index (χ0v) is 15.5. The Hall–Kier alpha value is -1.74. The van der Waals surface area contributed by atoms with Crippen molar-refractivity contribution in [2.75, 3.05) is 0 Å². The number of aromatic amines is 1. The number of nitrogens with two attached hydrogens (primary N) is 1. The number of amides is 1. The fourth-order valence-corrected chi connectivity index (χ4v) is 2.94. The maximum atomic E-state index is 11.9. The van der Waals surface area contributed by atoms with Crippen LogP contribution in [-0.2, 0) is 18.8 Å². The number of H-pyrrole nitrogens is 1. The topological polar surface area (TPSA) is 233 Å². The molecular weight excluding hydrogens is 401 g/mol. The molecule has 14 nitrogen and oxygen atoms in total. The van der Waals surface area contributed by atoms with Crippen molar-refractivity contribution >= 4 is 13.5 Å². The van der Waals surface area contributed by atoms with Crippen LogP contribution in [0.3, 0.4) is 0 Å². The third-order valence-corrected chi connectivity index (χ3v) is 4.65. The van der Waals surface area contributed by atoms with Crippen LogP contribution in [0.15, 0.2) is 18.1 Å². The van der Waals surface area contributed by atoms with Crippen LogP contribution >= 0.6 is 7.60 Å². The van der Waals surface area contributed by atoms with Gasteiger partial charge in [-0.3, -0.25) is 14.8 Å². The molecule has 2 unspecified atom stereocenters. The predicted octanol–water partition coefficient (Wildman–Crippen LogP) is -3.01. The van der Waals surface area contributed by atoms with Gasteiger partial charge in [0.05, 0.1) is 12.1 Å². The van der Waals surface area contributed by atoms with Crippen molar-refractivity contribution in [1.82, 2.24) is 20.8 Å². The van der Waals surface area contributed by atoms with Crippen LogP contribution in [0.2, 0.25) is 0 Å². The molecule has 7 atom stereocenters. The lowest BCUT2D eigenvalue weighted by molar-refractivity contribution is -0.303. The highest BCUT2D eigenvalue weighted by molar-refractivity contribution is 7.55. The van der Waals surface area contributed by atoms with Gasteiger partial charge in [0, 0.05) is 5.82 Å². The van der Waals surface area contributed by atoms with Gasteiger partial charge in [0.2, 0.25) is 5.91 Å². The van der Waals surface area contributed by atoms with Crippen molar-refractivity contribution < 1.29 is 43.9 Å². The van der Waals surface area contributed by atoms with Gasteiger partial charge in [-0.05, 0) is 6.08 Å². The summed E-state index contributed by atoms with van der Waals surface area (Å²) in [6.45, 7) is 1.45. The van der Waals surface area contributed by atoms with Gasteiger partial charge in [-0.25, -0.2) is 5.84 Å². The molecule has 0 saturated carbocycles. The number of carbonyl (C=O) groups is 1. The molecule has 0 radical (unpaired) electrons. The highest BCUT2D eigenvalue weighted by Gasteiger charge is 2.45. The second-order valence-corrected chi connectivity index (χ2v) is 7.60. The van der Waals surface area contributed by atoms with E-state index in [4.69, 9.17) is 25.1 Å². The van der Waals surface area contributed by atoms with Crippen molar-refractivity contribution in [1.29, 1.82) is 0 Å². The first kappa shape index (κ1) is 22.5. The quantitative estimate of drug-likeness (QED) is 0.0947. The maximum absolute atomic E-state index is 11.9. The number of hydrogen-bond donors (Lipinski definition) is 8. The Morgan fingerprint density at radius 3 is 2.61 bits per heavy atom. The fourth-order valence-electron chi connectivity index (χ4n) is 2.55. The van der Waals surface area contributed by atoms with E-state index in [1.165, 1.54) is 13.1 Å². The molecule has 0 spiro atoms. The molecular formula is C13H22N5O9P. The van der Waals surface area contributed by atoms with E-state index < -0.39 is 56.2 Å². The Kier molecular flexibility index (Phi) is 7.39. The smallest absolute Gasteiger partial charge is 0.348 e. The van der Waals surface area contributed by atoms with Gasteiger partial charge in [-0.1, -0.05) is 6.92 Å².